The van der Waals surface area contributed by atoms with Gasteiger partial charge in [-0.15, -0.1) is 0 Å². The zero-order valence-corrected chi connectivity index (χ0v) is 12.9. The Balaban J connectivity index is 3.93. The predicted octanol–water partition coefficient (Wildman–Crippen LogP) is 4.02. The van der Waals surface area contributed by atoms with Crippen LogP contribution in [0.5, 0.6) is 0 Å². The molecule has 0 aromatic carbocycles. The largest absolute Gasteiger partial charge is 0.232 e. The fourth-order valence-corrected chi connectivity index (χ4v) is 2.03. The maximum absolute atomic E-state index is 10.4. The molecule has 0 fully saturated rings. The lowest BCUT2D eigenvalue weighted by Gasteiger charge is -2.00. The number of allylic oxidation sites excluding steroid dienone is 5. The number of hydrogen-bond donors (Lipinski definition) is 1. The second-order valence-corrected chi connectivity index (χ2v) is 6.01. The van der Waals surface area contributed by atoms with Crippen LogP contribution in [-0.2, 0) is 10.7 Å². The Kier molecular flexibility index (Phi) is 9.66. The van der Waals surface area contributed by atoms with E-state index in [1.54, 1.807) is 6.08 Å². The molecule has 104 valence electrons. The summed E-state index contributed by atoms with van der Waals surface area (Å²) in [6.07, 6.45) is 10.5. The Labute approximate surface area is 113 Å². The summed E-state index contributed by atoms with van der Waals surface area (Å²) in [6, 6.07) is 0. The van der Waals surface area contributed by atoms with Gasteiger partial charge in [0.15, 0.2) is 0 Å². The van der Waals surface area contributed by atoms with Gasteiger partial charge in [-0.2, -0.15) is 0 Å². The van der Waals surface area contributed by atoms with Crippen LogP contribution in [0, 0.1) is 0 Å². The second kappa shape index (κ2) is 10.1. The summed E-state index contributed by atoms with van der Waals surface area (Å²) in [6.45, 7) is 8.39. The van der Waals surface area contributed by atoms with E-state index in [-0.39, 0.29) is 5.75 Å². The van der Waals surface area contributed by atoms with E-state index in [4.69, 9.17) is 0 Å². The van der Waals surface area contributed by atoms with Crippen molar-refractivity contribution in [1.82, 2.24) is 0 Å². The zero-order valence-electron chi connectivity index (χ0n) is 12.0. The third-order valence-electron chi connectivity index (χ3n) is 2.71. The molecule has 0 unspecified atom stereocenters. The van der Waals surface area contributed by atoms with Crippen molar-refractivity contribution < 1.29 is 8.42 Å². The van der Waals surface area contributed by atoms with Gasteiger partial charge >= 0.3 is 0 Å². The van der Waals surface area contributed by atoms with Crippen molar-refractivity contribution in [3.8, 4) is 0 Å². The summed E-state index contributed by atoms with van der Waals surface area (Å²) < 4.78 is 20.9. The average Bonchev–Trinajstić information content (AvgIpc) is 2.25. The molecule has 18 heavy (non-hydrogen) atoms. The van der Waals surface area contributed by atoms with E-state index in [1.165, 1.54) is 11.1 Å². The normalized spacial score (nSPS) is 12.9. The maximum Gasteiger partial charge on any atom is 0.143 e. The third kappa shape index (κ3) is 11.6. The Morgan fingerprint density at radius 1 is 0.833 bits per heavy atom. The molecular formula is C15H26O2S. The summed E-state index contributed by atoms with van der Waals surface area (Å²) >= 11 is 0. The lowest BCUT2D eigenvalue weighted by atomic mass is 10.1. The maximum atomic E-state index is 10.4. The Morgan fingerprint density at radius 3 is 1.83 bits per heavy atom. The molecular weight excluding hydrogens is 244 g/mol. The van der Waals surface area contributed by atoms with E-state index in [0.29, 0.717) is 0 Å². The van der Waals surface area contributed by atoms with Crippen LogP contribution >= 0.6 is 0 Å². The predicted molar refractivity (Wildman–Crippen MR) is 80.6 cm³/mol. The first-order chi connectivity index (χ1) is 8.41. The summed E-state index contributed by atoms with van der Waals surface area (Å²) in [5.74, 6) is 0.171. The summed E-state index contributed by atoms with van der Waals surface area (Å²) in [5.41, 5.74) is 3.94. The molecule has 0 saturated heterocycles. The Bertz CT molecular complexity index is 387. The standard InChI is InChI=1S/C15H26O2S/c1-13(2)7-5-8-14(3)9-6-10-15(4)11-12-18(16)17/h7,9,11,18H,5-6,8,10,12H2,1-4H3/b14-9+,15-11+. The molecule has 0 saturated carbocycles. The molecule has 0 N–H and O–H groups in total. The van der Waals surface area contributed by atoms with Crippen molar-refractivity contribution in [2.45, 2.75) is 53.4 Å². The molecule has 0 radical (unpaired) electrons. The molecule has 0 atom stereocenters. The highest BCUT2D eigenvalue weighted by Crippen LogP contribution is 2.11. The number of thiol groups is 1. The fourth-order valence-electron chi connectivity index (χ4n) is 1.57. The van der Waals surface area contributed by atoms with Gasteiger partial charge in [0.05, 0.1) is 5.75 Å². The number of rotatable bonds is 8. The molecule has 0 heterocycles. The molecule has 0 amide bonds. The zero-order chi connectivity index (χ0) is 14.0. The van der Waals surface area contributed by atoms with Gasteiger partial charge in [0.1, 0.15) is 10.7 Å². The monoisotopic (exact) mass is 270 g/mol. The summed E-state index contributed by atoms with van der Waals surface area (Å²) in [4.78, 5) is 0. The molecule has 0 aliphatic rings. The highest BCUT2D eigenvalue weighted by molar-refractivity contribution is 7.72. The van der Waals surface area contributed by atoms with Gasteiger partial charge in [-0.05, 0) is 53.4 Å². The van der Waals surface area contributed by atoms with Crippen molar-refractivity contribution in [2.75, 3.05) is 5.75 Å². The van der Waals surface area contributed by atoms with Gasteiger partial charge < -0.3 is 0 Å². The highest BCUT2D eigenvalue weighted by atomic mass is 32.2. The van der Waals surface area contributed by atoms with Crippen molar-refractivity contribution in [3.63, 3.8) is 0 Å². The molecule has 0 aliphatic heterocycles. The van der Waals surface area contributed by atoms with Crippen LogP contribution in [0.1, 0.15) is 53.4 Å². The van der Waals surface area contributed by atoms with E-state index >= 15 is 0 Å². The van der Waals surface area contributed by atoms with Crippen LogP contribution in [0.15, 0.2) is 34.9 Å². The fraction of sp³-hybridized carbons (Fsp3) is 0.600. The molecule has 2 nitrogen and oxygen atoms in total. The lowest BCUT2D eigenvalue weighted by molar-refractivity contribution is 0.617. The molecule has 0 spiro atoms. The van der Waals surface area contributed by atoms with Gasteiger partial charge in [-0.3, -0.25) is 0 Å². The van der Waals surface area contributed by atoms with E-state index in [0.717, 1.165) is 31.3 Å². The van der Waals surface area contributed by atoms with Crippen molar-refractivity contribution in [3.05, 3.63) is 34.9 Å². The third-order valence-corrected chi connectivity index (χ3v) is 3.19. The summed E-state index contributed by atoms with van der Waals surface area (Å²) in [5, 5.41) is 0. The quantitative estimate of drug-likeness (QED) is 0.534. The minimum Gasteiger partial charge on any atom is -0.232 e. The van der Waals surface area contributed by atoms with Gasteiger partial charge in [0.25, 0.3) is 0 Å². The van der Waals surface area contributed by atoms with Crippen LogP contribution in [0.4, 0.5) is 0 Å². The van der Waals surface area contributed by atoms with Gasteiger partial charge in [0, 0.05) is 0 Å². The SMILES string of the molecule is CC(C)=CCC/C(C)=C/CC/C(C)=C/C[SH](=O)=O. The molecule has 3 heteroatoms. The van der Waals surface area contributed by atoms with Gasteiger partial charge in [0.2, 0.25) is 0 Å². The van der Waals surface area contributed by atoms with Gasteiger partial charge in [-0.25, -0.2) is 8.42 Å². The van der Waals surface area contributed by atoms with E-state index in [2.05, 4.69) is 32.9 Å². The summed E-state index contributed by atoms with van der Waals surface area (Å²) in [7, 11) is -2.27. The first kappa shape index (κ1) is 17.2. The molecule has 0 aromatic heterocycles. The van der Waals surface area contributed by atoms with E-state index in [9.17, 15) is 8.42 Å². The Hall–Kier alpha value is -0.830. The minimum atomic E-state index is -2.27. The highest BCUT2D eigenvalue weighted by Gasteiger charge is 1.92. The first-order valence-electron chi connectivity index (χ1n) is 6.48. The number of hydrogen-bond acceptors (Lipinski definition) is 2. The second-order valence-electron chi connectivity index (χ2n) is 4.98. The van der Waals surface area contributed by atoms with Crippen LogP contribution in [0.25, 0.3) is 0 Å². The van der Waals surface area contributed by atoms with Crippen LogP contribution in [0.3, 0.4) is 0 Å². The molecule has 0 aromatic rings. The van der Waals surface area contributed by atoms with Crippen molar-refractivity contribution in [2.24, 2.45) is 0 Å². The van der Waals surface area contributed by atoms with Crippen LogP contribution < -0.4 is 0 Å². The molecule has 0 aliphatic carbocycles. The van der Waals surface area contributed by atoms with E-state index < -0.39 is 10.7 Å². The van der Waals surface area contributed by atoms with Crippen LogP contribution in [-0.4, -0.2) is 14.2 Å². The molecule has 0 rings (SSSR count). The van der Waals surface area contributed by atoms with E-state index in [1.807, 2.05) is 6.92 Å². The van der Waals surface area contributed by atoms with Gasteiger partial charge in [-0.1, -0.05) is 34.9 Å². The lowest BCUT2D eigenvalue weighted by Crippen LogP contribution is -1.85. The van der Waals surface area contributed by atoms with Crippen LogP contribution in [0.2, 0.25) is 0 Å². The minimum absolute atomic E-state index is 0.171. The Morgan fingerprint density at radius 2 is 1.33 bits per heavy atom. The first-order valence-corrected chi connectivity index (χ1v) is 7.84. The molecule has 0 bridgehead atoms. The smallest absolute Gasteiger partial charge is 0.143 e. The average molecular weight is 270 g/mol. The van der Waals surface area contributed by atoms with Crippen molar-refractivity contribution >= 4 is 10.7 Å². The van der Waals surface area contributed by atoms with Crippen molar-refractivity contribution in [1.29, 1.82) is 0 Å². The topological polar surface area (TPSA) is 34.1 Å².